The van der Waals surface area contributed by atoms with E-state index in [9.17, 15) is 4.79 Å². The van der Waals surface area contributed by atoms with Crippen molar-refractivity contribution in [2.75, 3.05) is 23.8 Å². The van der Waals surface area contributed by atoms with Gasteiger partial charge in [0.15, 0.2) is 11.5 Å². The topological polar surface area (TPSA) is 72.5 Å². The van der Waals surface area contributed by atoms with Gasteiger partial charge < -0.3 is 20.1 Å². The van der Waals surface area contributed by atoms with E-state index in [2.05, 4.69) is 16.7 Å². The zero-order chi connectivity index (χ0) is 21.2. The van der Waals surface area contributed by atoms with Crippen LogP contribution in [0.1, 0.15) is 6.92 Å². The van der Waals surface area contributed by atoms with Crippen molar-refractivity contribution in [3.8, 4) is 22.1 Å². The Labute approximate surface area is 183 Å². The van der Waals surface area contributed by atoms with Gasteiger partial charge in [-0.25, -0.2) is 4.98 Å². The molecule has 0 saturated heterocycles. The van der Waals surface area contributed by atoms with Crippen molar-refractivity contribution < 1.29 is 14.3 Å². The fourth-order valence-electron chi connectivity index (χ4n) is 3.39. The second-order valence-electron chi connectivity index (χ2n) is 7.28. The van der Waals surface area contributed by atoms with Gasteiger partial charge in [-0.15, -0.1) is 11.3 Å². The molecule has 1 unspecified atom stereocenters. The van der Waals surface area contributed by atoms with Gasteiger partial charge in [-0.1, -0.05) is 12.1 Å². The van der Waals surface area contributed by atoms with Crippen LogP contribution in [0, 0.1) is 0 Å². The van der Waals surface area contributed by atoms with Crippen molar-refractivity contribution >= 4 is 38.8 Å². The highest BCUT2D eigenvalue weighted by Gasteiger charge is 2.16. The van der Waals surface area contributed by atoms with Gasteiger partial charge in [0.1, 0.15) is 24.3 Å². The highest BCUT2D eigenvalue weighted by Crippen LogP contribution is 2.33. The van der Waals surface area contributed by atoms with Crippen LogP contribution in [0.25, 0.3) is 20.8 Å². The molecule has 0 radical (unpaired) electrons. The molecule has 7 heteroatoms. The molecule has 0 aliphatic carbocycles. The lowest BCUT2D eigenvalue weighted by Gasteiger charge is -2.20. The number of carbonyl (C=O) groups excluding carboxylic acids is 1. The number of nitrogens with one attached hydrogen (secondary N) is 2. The lowest BCUT2D eigenvalue weighted by Crippen LogP contribution is -2.31. The summed E-state index contributed by atoms with van der Waals surface area (Å²) in [7, 11) is 0. The molecule has 1 atom stereocenters. The Morgan fingerprint density at radius 3 is 2.52 bits per heavy atom. The highest BCUT2D eigenvalue weighted by atomic mass is 32.1. The van der Waals surface area contributed by atoms with E-state index >= 15 is 0 Å². The van der Waals surface area contributed by atoms with Crippen LogP contribution in [0.2, 0.25) is 0 Å². The van der Waals surface area contributed by atoms with E-state index in [0.717, 1.165) is 21.8 Å². The molecule has 1 aliphatic heterocycles. The Morgan fingerprint density at radius 1 is 0.968 bits per heavy atom. The molecule has 156 valence electrons. The zero-order valence-corrected chi connectivity index (χ0v) is 17.7. The fourth-order valence-corrected chi connectivity index (χ4v) is 4.36. The molecule has 5 rings (SSSR count). The van der Waals surface area contributed by atoms with Gasteiger partial charge in [0.05, 0.1) is 10.2 Å². The number of ether oxygens (including phenoxy) is 2. The Kier molecular flexibility index (Phi) is 5.18. The van der Waals surface area contributed by atoms with Gasteiger partial charge in [0.2, 0.25) is 5.91 Å². The molecular formula is C24H21N3O3S. The van der Waals surface area contributed by atoms with Crippen LogP contribution in [0.15, 0.2) is 66.7 Å². The van der Waals surface area contributed by atoms with Crippen molar-refractivity contribution in [1.29, 1.82) is 0 Å². The van der Waals surface area contributed by atoms with Crippen LogP contribution in [0.4, 0.5) is 11.4 Å². The minimum atomic E-state index is -0.415. The number of benzene rings is 3. The maximum atomic E-state index is 12.6. The Balaban J connectivity index is 1.23. The molecule has 0 saturated carbocycles. The van der Waals surface area contributed by atoms with Gasteiger partial charge in [-0.05, 0) is 55.5 Å². The molecule has 2 heterocycles. The maximum Gasteiger partial charge on any atom is 0.246 e. The van der Waals surface area contributed by atoms with Crippen LogP contribution >= 0.6 is 11.3 Å². The quantitative estimate of drug-likeness (QED) is 0.456. The summed E-state index contributed by atoms with van der Waals surface area (Å²) in [5.74, 6) is 1.21. The van der Waals surface area contributed by atoms with Crippen LogP contribution in [0.5, 0.6) is 11.5 Å². The van der Waals surface area contributed by atoms with Crippen molar-refractivity contribution in [2.24, 2.45) is 0 Å². The molecule has 0 spiro atoms. The first-order chi connectivity index (χ1) is 15.2. The molecule has 6 nitrogen and oxygen atoms in total. The predicted molar refractivity (Wildman–Crippen MR) is 124 cm³/mol. The SMILES string of the molecule is CC(Nc1ccc(-c2nc3ccccc3s2)cc1)C(=O)Nc1ccc2c(c1)OCCO2. The number of nitrogens with zero attached hydrogens (tertiary/aromatic N) is 1. The summed E-state index contributed by atoms with van der Waals surface area (Å²) < 4.78 is 12.3. The first-order valence-corrected chi connectivity index (χ1v) is 10.9. The minimum Gasteiger partial charge on any atom is -0.486 e. The van der Waals surface area contributed by atoms with E-state index in [1.54, 1.807) is 17.4 Å². The van der Waals surface area contributed by atoms with Gasteiger partial charge >= 0.3 is 0 Å². The summed E-state index contributed by atoms with van der Waals surface area (Å²) >= 11 is 1.67. The first kappa shape index (κ1) is 19.4. The molecule has 31 heavy (non-hydrogen) atoms. The fraction of sp³-hybridized carbons (Fsp3) is 0.167. The van der Waals surface area contributed by atoms with E-state index in [1.807, 2.05) is 61.5 Å². The second kappa shape index (κ2) is 8.28. The molecule has 1 aliphatic rings. The van der Waals surface area contributed by atoms with Crippen LogP contribution in [-0.2, 0) is 4.79 Å². The zero-order valence-electron chi connectivity index (χ0n) is 16.9. The number of rotatable bonds is 5. The summed E-state index contributed by atoms with van der Waals surface area (Å²) in [4.78, 5) is 17.3. The average molecular weight is 432 g/mol. The van der Waals surface area contributed by atoms with Gasteiger partial charge in [0.25, 0.3) is 0 Å². The second-order valence-corrected chi connectivity index (χ2v) is 8.31. The van der Waals surface area contributed by atoms with Crippen molar-refractivity contribution in [3.63, 3.8) is 0 Å². The van der Waals surface area contributed by atoms with Crippen molar-refractivity contribution in [3.05, 3.63) is 66.7 Å². The van der Waals surface area contributed by atoms with E-state index in [4.69, 9.17) is 14.5 Å². The van der Waals surface area contributed by atoms with E-state index in [1.165, 1.54) is 4.70 Å². The third kappa shape index (κ3) is 4.18. The largest absolute Gasteiger partial charge is 0.486 e. The number of amides is 1. The molecule has 1 amide bonds. The molecule has 1 aromatic heterocycles. The van der Waals surface area contributed by atoms with Crippen LogP contribution < -0.4 is 20.1 Å². The summed E-state index contributed by atoms with van der Waals surface area (Å²) in [6, 6.07) is 21.1. The molecule has 3 aromatic carbocycles. The summed E-state index contributed by atoms with van der Waals surface area (Å²) in [5.41, 5.74) is 3.61. The first-order valence-electron chi connectivity index (χ1n) is 10.1. The predicted octanol–water partition coefficient (Wildman–Crippen LogP) is 5.17. The summed E-state index contributed by atoms with van der Waals surface area (Å²) in [6.07, 6.45) is 0. The number of thiazole rings is 1. The Hall–Kier alpha value is -3.58. The van der Waals surface area contributed by atoms with Gasteiger partial charge in [0, 0.05) is 23.0 Å². The number of hydrogen-bond acceptors (Lipinski definition) is 6. The van der Waals surface area contributed by atoms with Crippen molar-refractivity contribution in [1.82, 2.24) is 4.98 Å². The summed E-state index contributed by atoms with van der Waals surface area (Å²) in [5, 5.41) is 7.15. The Bertz CT molecular complexity index is 1200. The standard InChI is InChI=1S/C24H21N3O3S/c1-15(23(28)26-18-10-11-20-21(14-18)30-13-12-29-20)25-17-8-6-16(7-9-17)24-27-19-4-2-3-5-22(19)31-24/h2-11,14-15,25H,12-13H2,1H3,(H,26,28). The van der Waals surface area contributed by atoms with Crippen LogP contribution in [0.3, 0.4) is 0 Å². The van der Waals surface area contributed by atoms with Gasteiger partial charge in [-0.3, -0.25) is 4.79 Å². The molecule has 2 N–H and O–H groups in total. The number of carbonyl (C=O) groups is 1. The smallest absolute Gasteiger partial charge is 0.246 e. The lowest BCUT2D eigenvalue weighted by molar-refractivity contribution is -0.116. The minimum absolute atomic E-state index is 0.132. The normalized spacial score (nSPS) is 13.6. The number of anilines is 2. The highest BCUT2D eigenvalue weighted by molar-refractivity contribution is 7.21. The van der Waals surface area contributed by atoms with E-state index in [-0.39, 0.29) is 5.91 Å². The van der Waals surface area contributed by atoms with E-state index < -0.39 is 6.04 Å². The number of para-hydroxylation sites is 1. The monoisotopic (exact) mass is 431 g/mol. The van der Waals surface area contributed by atoms with E-state index in [0.29, 0.717) is 30.4 Å². The lowest BCUT2D eigenvalue weighted by atomic mass is 10.2. The van der Waals surface area contributed by atoms with Gasteiger partial charge in [-0.2, -0.15) is 0 Å². The number of fused-ring (bicyclic) bond motifs is 2. The Morgan fingerprint density at radius 2 is 1.71 bits per heavy atom. The molecule has 0 fully saturated rings. The maximum absolute atomic E-state index is 12.6. The summed E-state index contributed by atoms with van der Waals surface area (Å²) in [6.45, 7) is 2.88. The molecular weight excluding hydrogens is 410 g/mol. The molecule has 4 aromatic rings. The molecule has 0 bridgehead atoms. The third-order valence-electron chi connectivity index (χ3n) is 5.01. The van der Waals surface area contributed by atoms with Crippen LogP contribution in [-0.4, -0.2) is 30.1 Å². The third-order valence-corrected chi connectivity index (χ3v) is 6.10. The number of aromatic nitrogens is 1. The average Bonchev–Trinajstić information content (AvgIpc) is 3.24. The number of hydrogen-bond donors (Lipinski definition) is 2. The van der Waals surface area contributed by atoms with Crippen molar-refractivity contribution in [2.45, 2.75) is 13.0 Å².